The van der Waals surface area contributed by atoms with Crippen molar-refractivity contribution in [2.45, 2.75) is 74.8 Å². The molecule has 45 heavy (non-hydrogen) atoms. The molecule has 2 heterocycles. The van der Waals surface area contributed by atoms with Gasteiger partial charge in [-0.3, -0.25) is 4.79 Å². The smallest absolute Gasteiger partial charge is 0.199 e. The van der Waals surface area contributed by atoms with Gasteiger partial charge in [0.1, 0.15) is 0 Å². The molecule has 0 radical (unpaired) electrons. The molecule has 2 bridgehead atoms. The number of rotatable bonds is 5. The summed E-state index contributed by atoms with van der Waals surface area (Å²) in [6.07, 6.45) is 12.8. The van der Waals surface area contributed by atoms with Gasteiger partial charge in [-0.25, -0.2) is 4.98 Å². The molecule has 232 valence electrons. The Morgan fingerprint density at radius 1 is 0.933 bits per heavy atom. The molecule has 2 N–H and O–H groups in total. The number of ketones is 1. The number of carbonyl (C=O) groups excluding carboxylic acids is 1. The minimum atomic E-state index is -0.852. The molecule has 10 rings (SSSR count). The minimum absolute atomic E-state index is 0.0251. The number of thioether (sulfide) groups is 1. The maximum absolute atomic E-state index is 14.9. The molecule has 3 saturated carbocycles. The van der Waals surface area contributed by atoms with Crippen LogP contribution < -0.4 is 0 Å². The van der Waals surface area contributed by atoms with E-state index in [9.17, 15) is 15.0 Å². The summed E-state index contributed by atoms with van der Waals surface area (Å²) in [6.45, 7) is 4.78. The van der Waals surface area contributed by atoms with Crippen LogP contribution in [0.25, 0.3) is 20.3 Å². The number of benzene rings is 2. The van der Waals surface area contributed by atoms with Crippen LogP contribution in [0.2, 0.25) is 0 Å². The predicted molar refractivity (Wildman–Crippen MR) is 185 cm³/mol. The molecule has 3 fully saturated rings. The van der Waals surface area contributed by atoms with Crippen molar-refractivity contribution < 1.29 is 15.0 Å². The number of hydrogen-bond donors (Lipinski definition) is 2. The van der Waals surface area contributed by atoms with Crippen LogP contribution in [-0.2, 0) is 0 Å². The van der Waals surface area contributed by atoms with Gasteiger partial charge in [-0.1, -0.05) is 74.2 Å². The standard InChI is InChI=1S/C38H39NO3S3/c1-34-14-11-24(40)20-36(34)17-18-38(25(21-36)32(41)29-19-23-7-3-5-9-27(23)44-29)30(34)12-15-35(2)31(38)13-16-37(35,42)22-43-33-39-26-8-4-6-10-28(26)45-33/h3-10,17-19,21,24,30-31,40,42H,11-16,20,22H2,1-2H3. The lowest BCUT2D eigenvalue weighted by Gasteiger charge is -2.71. The Labute approximate surface area is 276 Å². The quantitative estimate of drug-likeness (QED) is 0.128. The third-order valence-corrected chi connectivity index (χ3v) is 16.8. The fourth-order valence-corrected chi connectivity index (χ4v) is 14.3. The van der Waals surface area contributed by atoms with Crippen LogP contribution in [-0.4, -0.2) is 38.4 Å². The van der Waals surface area contributed by atoms with E-state index in [0.29, 0.717) is 18.1 Å². The zero-order valence-corrected chi connectivity index (χ0v) is 28.2. The maximum Gasteiger partial charge on any atom is 0.199 e. The number of allylic oxidation sites excluding steroid dienone is 4. The molecule has 6 aliphatic carbocycles. The lowest BCUT2D eigenvalue weighted by Crippen LogP contribution is -2.67. The molecule has 2 spiro atoms. The summed E-state index contributed by atoms with van der Waals surface area (Å²) in [4.78, 5) is 20.6. The molecule has 0 saturated heterocycles. The van der Waals surface area contributed by atoms with Gasteiger partial charge in [-0.15, -0.1) is 22.7 Å². The van der Waals surface area contributed by atoms with Crippen LogP contribution in [0.5, 0.6) is 0 Å². The molecular weight excluding hydrogens is 615 g/mol. The average Bonchev–Trinajstić information content (AvgIpc) is 3.73. The van der Waals surface area contributed by atoms with Gasteiger partial charge in [-0.05, 0) is 91.8 Å². The van der Waals surface area contributed by atoms with Gasteiger partial charge in [0, 0.05) is 32.3 Å². The number of Topliss-reactive ketones (excluding diaryl/α,β-unsaturated/α-hetero) is 1. The van der Waals surface area contributed by atoms with Crippen molar-refractivity contribution >= 4 is 60.5 Å². The van der Waals surface area contributed by atoms with E-state index < -0.39 is 11.0 Å². The Hall–Kier alpha value is -2.29. The van der Waals surface area contributed by atoms with E-state index in [4.69, 9.17) is 4.98 Å². The van der Waals surface area contributed by atoms with Gasteiger partial charge >= 0.3 is 0 Å². The number of aromatic nitrogens is 1. The lowest BCUT2D eigenvalue weighted by atomic mass is 9.33. The molecule has 2 aromatic heterocycles. The SMILES string of the molecule is CC12CCC(O)CC13C=CC1(C(C(=O)c4cc5ccccc5s4)=C3)C2CCC2(C)C1CCC2(O)CSc1nc2ccccc2s1. The topological polar surface area (TPSA) is 70.4 Å². The number of hydrogen-bond acceptors (Lipinski definition) is 7. The number of carbonyl (C=O) groups is 1. The van der Waals surface area contributed by atoms with E-state index in [0.717, 1.165) is 68.9 Å². The molecule has 0 amide bonds. The van der Waals surface area contributed by atoms with Gasteiger partial charge in [0.25, 0.3) is 0 Å². The van der Waals surface area contributed by atoms with Crippen molar-refractivity contribution in [3.05, 3.63) is 83.3 Å². The summed E-state index contributed by atoms with van der Waals surface area (Å²) in [6, 6.07) is 18.6. The Bertz CT molecular complexity index is 1880. The summed E-state index contributed by atoms with van der Waals surface area (Å²) >= 11 is 5.00. The second kappa shape index (κ2) is 9.63. The highest BCUT2D eigenvalue weighted by Gasteiger charge is 2.74. The van der Waals surface area contributed by atoms with E-state index in [1.165, 1.54) is 4.70 Å². The first-order valence-corrected chi connectivity index (χ1v) is 19.1. The van der Waals surface area contributed by atoms with Gasteiger partial charge in [0.15, 0.2) is 10.1 Å². The van der Waals surface area contributed by atoms with E-state index in [1.807, 2.05) is 18.2 Å². The van der Waals surface area contributed by atoms with Crippen LogP contribution in [0.3, 0.4) is 0 Å². The third-order valence-electron chi connectivity index (χ3n) is 13.3. The molecule has 7 heteroatoms. The highest BCUT2D eigenvalue weighted by atomic mass is 32.2. The Kier molecular flexibility index (Phi) is 6.19. The van der Waals surface area contributed by atoms with Gasteiger partial charge in [0.05, 0.1) is 26.8 Å². The van der Waals surface area contributed by atoms with Crippen molar-refractivity contribution in [3.8, 4) is 0 Å². The molecule has 4 aromatic rings. The van der Waals surface area contributed by atoms with Gasteiger partial charge < -0.3 is 10.2 Å². The first-order chi connectivity index (χ1) is 21.6. The monoisotopic (exact) mass is 653 g/mol. The Morgan fingerprint density at radius 2 is 1.67 bits per heavy atom. The fourth-order valence-electron chi connectivity index (χ4n) is 10.9. The predicted octanol–water partition coefficient (Wildman–Crippen LogP) is 9.08. The zero-order valence-electron chi connectivity index (χ0n) is 25.8. The number of para-hydroxylation sites is 1. The summed E-state index contributed by atoms with van der Waals surface area (Å²) in [7, 11) is 0. The maximum atomic E-state index is 14.9. The second-order valence-corrected chi connectivity index (χ2v) is 18.4. The van der Waals surface area contributed by atoms with Gasteiger partial charge in [-0.2, -0.15) is 0 Å². The van der Waals surface area contributed by atoms with Crippen molar-refractivity contribution in [2.75, 3.05) is 5.75 Å². The first kappa shape index (κ1) is 28.9. The minimum Gasteiger partial charge on any atom is -0.393 e. The number of aliphatic hydroxyl groups excluding tert-OH is 1. The van der Waals surface area contributed by atoms with E-state index in [2.05, 4.69) is 68.5 Å². The van der Waals surface area contributed by atoms with Crippen molar-refractivity contribution in [2.24, 2.45) is 33.5 Å². The molecule has 0 aliphatic heterocycles. The van der Waals surface area contributed by atoms with Gasteiger partial charge in [0.2, 0.25) is 0 Å². The Morgan fingerprint density at radius 3 is 2.49 bits per heavy atom. The van der Waals surface area contributed by atoms with Crippen molar-refractivity contribution in [1.82, 2.24) is 4.98 Å². The first-order valence-electron chi connectivity index (χ1n) is 16.5. The van der Waals surface area contributed by atoms with E-state index >= 15 is 0 Å². The molecule has 8 unspecified atom stereocenters. The number of thiazole rings is 1. The largest absolute Gasteiger partial charge is 0.393 e. The lowest BCUT2D eigenvalue weighted by molar-refractivity contribution is -0.166. The Balaban J connectivity index is 1.14. The summed E-state index contributed by atoms with van der Waals surface area (Å²) in [5.74, 6) is 1.22. The van der Waals surface area contributed by atoms with Crippen LogP contribution >= 0.6 is 34.4 Å². The van der Waals surface area contributed by atoms with Crippen LogP contribution in [0, 0.1) is 33.5 Å². The molecule has 8 atom stereocenters. The zero-order chi connectivity index (χ0) is 30.8. The van der Waals surface area contributed by atoms with Crippen LogP contribution in [0.1, 0.15) is 68.5 Å². The summed E-state index contributed by atoms with van der Waals surface area (Å²) < 4.78 is 3.33. The fraction of sp³-hybridized carbons (Fsp3) is 0.474. The normalized spacial score (nSPS) is 39.9. The molecule has 6 aliphatic rings. The highest BCUT2D eigenvalue weighted by molar-refractivity contribution is 8.01. The molecular formula is C38H39NO3S3. The van der Waals surface area contributed by atoms with Crippen molar-refractivity contribution in [3.63, 3.8) is 0 Å². The van der Waals surface area contributed by atoms with Crippen LogP contribution in [0.15, 0.2) is 82.7 Å². The summed E-state index contributed by atoms with van der Waals surface area (Å²) in [5, 5.41) is 24.8. The summed E-state index contributed by atoms with van der Waals surface area (Å²) in [5.41, 5.74) is 0.00255. The number of aliphatic hydroxyl groups is 2. The molecule has 2 aromatic carbocycles. The van der Waals surface area contributed by atoms with Crippen LogP contribution in [0.4, 0.5) is 0 Å². The highest BCUT2D eigenvalue weighted by Crippen LogP contribution is 2.78. The third kappa shape index (κ3) is 3.73. The van der Waals surface area contributed by atoms with E-state index in [1.54, 1.807) is 34.4 Å². The number of nitrogens with zero attached hydrogens (tertiary/aromatic N) is 1. The van der Waals surface area contributed by atoms with E-state index in [-0.39, 0.29) is 34.1 Å². The second-order valence-electron chi connectivity index (χ2n) is 15.0. The molecule has 4 nitrogen and oxygen atoms in total. The average molecular weight is 654 g/mol. The number of thiophene rings is 1. The number of fused-ring (bicyclic) bond motifs is 3. The van der Waals surface area contributed by atoms with Crippen molar-refractivity contribution in [1.29, 1.82) is 0 Å².